The highest BCUT2D eigenvalue weighted by Crippen LogP contribution is 2.33. The maximum absolute atomic E-state index is 2.37. The van der Waals surface area contributed by atoms with Crippen molar-refractivity contribution < 1.29 is 0 Å². The van der Waals surface area contributed by atoms with Crippen LogP contribution in [0.25, 0.3) is 21.8 Å². The van der Waals surface area contributed by atoms with Crippen LogP contribution in [0.5, 0.6) is 0 Å². The molecule has 1 atom stereocenters. The van der Waals surface area contributed by atoms with Gasteiger partial charge in [-0.1, -0.05) is 55.0 Å². The zero-order valence-electron chi connectivity index (χ0n) is 13.9. The van der Waals surface area contributed by atoms with Gasteiger partial charge in [-0.15, -0.1) is 0 Å². The maximum Gasteiger partial charge on any atom is 0.0488 e. The van der Waals surface area contributed by atoms with Gasteiger partial charge in [0.05, 0.1) is 0 Å². The van der Waals surface area contributed by atoms with E-state index in [1.54, 1.807) is 0 Å². The Hall–Kier alpha value is -2.54. The summed E-state index contributed by atoms with van der Waals surface area (Å²) in [6.07, 6.45) is 0. The Labute approximate surface area is 137 Å². The molecule has 0 aliphatic heterocycles. The molecule has 0 radical (unpaired) electrons. The Morgan fingerprint density at radius 3 is 2.13 bits per heavy atom. The van der Waals surface area contributed by atoms with Crippen molar-refractivity contribution in [2.24, 2.45) is 7.05 Å². The monoisotopic (exact) mass is 299 g/mol. The van der Waals surface area contributed by atoms with Crippen molar-refractivity contribution in [3.05, 3.63) is 83.4 Å². The highest BCUT2D eigenvalue weighted by atomic mass is 14.9. The number of fused-ring (bicyclic) bond motifs is 3. The summed E-state index contributed by atoms with van der Waals surface area (Å²) in [5.41, 5.74) is 6.65. The van der Waals surface area contributed by atoms with Gasteiger partial charge >= 0.3 is 0 Å². The number of nitrogens with zero attached hydrogens (tertiary/aromatic N) is 1. The molecule has 4 aromatic rings. The summed E-state index contributed by atoms with van der Waals surface area (Å²) in [5, 5.41) is 2.70. The summed E-state index contributed by atoms with van der Waals surface area (Å²) < 4.78 is 2.29. The highest BCUT2D eigenvalue weighted by Gasteiger charge is 2.12. The molecule has 114 valence electrons. The van der Waals surface area contributed by atoms with E-state index in [1.807, 2.05) is 0 Å². The molecule has 1 unspecified atom stereocenters. The minimum absolute atomic E-state index is 0.403. The Balaban J connectivity index is 1.94. The summed E-state index contributed by atoms with van der Waals surface area (Å²) in [4.78, 5) is 0. The first-order valence-electron chi connectivity index (χ1n) is 8.19. The van der Waals surface area contributed by atoms with Crippen LogP contribution >= 0.6 is 0 Å². The molecule has 23 heavy (non-hydrogen) atoms. The second kappa shape index (κ2) is 5.27. The fourth-order valence-electron chi connectivity index (χ4n) is 3.55. The lowest BCUT2D eigenvalue weighted by molar-refractivity contribution is 0.924. The van der Waals surface area contributed by atoms with Gasteiger partial charge in [-0.25, -0.2) is 0 Å². The van der Waals surface area contributed by atoms with Gasteiger partial charge in [0.1, 0.15) is 0 Å². The molecule has 0 saturated carbocycles. The number of aromatic nitrogens is 1. The van der Waals surface area contributed by atoms with Crippen LogP contribution in [0.3, 0.4) is 0 Å². The SMILES string of the molecule is Cc1ccc2c(c1)c1cc(C(C)c3ccccc3)ccc1n2C. The second-order valence-electron chi connectivity index (χ2n) is 6.49. The molecule has 0 fully saturated rings. The summed E-state index contributed by atoms with van der Waals surface area (Å²) in [5.74, 6) is 0.403. The molecule has 0 bridgehead atoms. The Bertz CT molecular complexity index is 993. The predicted octanol–water partition coefficient (Wildman–Crippen LogP) is 5.79. The van der Waals surface area contributed by atoms with Crippen molar-refractivity contribution in [1.29, 1.82) is 0 Å². The quantitative estimate of drug-likeness (QED) is 0.441. The van der Waals surface area contributed by atoms with Crippen LogP contribution in [0.2, 0.25) is 0 Å². The van der Waals surface area contributed by atoms with Crippen LogP contribution in [-0.4, -0.2) is 4.57 Å². The topological polar surface area (TPSA) is 4.93 Å². The van der Waals surface area contributed by atoms with E-state index in [4.69, 9.17) is 0 Å². The molecule has 0 aliphatic rings. The smallest absolute Gasteiger partial charge is 0.0488 e. The standard InChI is InChI=1S/C22H21N/c1-15-9-11-21-19(13-15)20-14-18(10-12-22(20)23(21)3)16(2)17-7-5-4-6-8-17/h4-14,16H,1-3H3. The third-order valence-corrected chi connectivity index (χ3v) is 4.99. The predicted molar refractivity (Wildman–Crippen MR) is 99.1 cm³/mol. The van der Waals surface area contributed by atoms with Gasteiger partial charge in [-0.3, -0.25) is 0 Å². The van der Waals surface area contributed by atoms with Crippen molar-refractivity contribution in [2.45, 2.75) is 19.8 Å². The molecule has 1 aromatic heterocycles. The number of hydrogen-bond donors (Lipinski definition) is 0. The van der Waals surface area contributed by atoms with Gasteiger partial charge in [0, 0.05) is 34.8 Å². The molecule has 3 aromatic carbocycles. The molecule has 1 heterocycles. The van der Waals surface area contributed by atoms with Gasteiger partial charge in [0.2, 0.25) is 0 Å². The normalized spacial score (nSPS) is 12.8. The van der Waals surface area contributed by atoms with E-state index in [9.17, 15) is 0 Å². The number of rotatable bonds is 2. The lowest BCUT2D eigenvalue weighted by Crippen LogP contribution is -1.95. The van der Waals surface area contributed by atoms with Crippen molar-refractivity contribution in [3.63, 3.8) is 0 Å². The lowest BCUT2D eigenvalue weighted by Gasteiger charge is -2.12. The fourth-order valence-corrected chi connectivity index (χ4v) is 3.55. The Morgan fingerprint density at radius 1 is 0.739 bits per heavy atom. The molecule has 0 spiro atoms. The highest BCUT2D eigenvalue weighted by molar-refractivity contribution is 6.08. The van der Waals surface area contributed by atoms with E-state index in [-0.39, 0.29) is 0 Å². The number of hydrogen-bond acceptors (Lipinski definition) is 0. The zero-order chi connectivity index (χ0) is 16.0. The number of aryl methyl sites for hydroxylation is 2. The van der Waals surface area contributed by atoms with E-state index in [0.29, 0.717) is 5.92 Å². The average Bonchev–Trinajstić information content (AvgIpc) is 2.87. The van der Waals surface area contributed by atoms with Crippen LogP contribution in [0.4, 0.5) is 0 Å². The fraction of sp³-hybridized carbons (Fsp3) is 0.182. The van der Waals surface area contributed by atoms with E-state index in [1.165, 1.54) is 38.5 Å². The summed E-state index contributed by atoms with van der Waals surface area (Å²) >= 11 is 0. The van der Waals surface area contributed by atoms with Gasteiger partial charge in [0.15, 0.2) is 0 Å². The van der Waals surface area contributed by atoms with Crippen LogP contribution in [0.15, 0.2) is 66.7 Å². The molecule has 0 amide bonds. The summed E-state index contributed by atoms with van der Waals surface area (Å²) in [6.45, 7) is 4.45. The van der Waals surface area contributed by atoms with Crippen molar-refractivity contribution in [1.82, 2.24) is 4.57 Å². The van der Waals surface area contributed by atoms with Crippen LogP contribution in [-0.2, 0) is 7.05 Å². The summed E-state index contributed by atoms with van der Waals surface area (Å²) in [6, 6.07) is 24.3. The van der Waals surface area contributed by atoms with E-state index in [0.717, 1.165) is 0 Å². The molecule has 4 rings (SSSR count). The van der Waals surface area contributed by atoms with Crippen LogP contribution in [0, 0.1) is 6.92 Å². The third kappa shape index (κ3) is 2.24. The molecular weight excluding hydrogens is 278 g/mol. The third-order valence-electron chi connectivity index (χ3n) is 4.99. The molecular formula is C22H21N. The van der Waals surface area contributed by atoms with Gasteiger partial charge < -0.3 is 4.57 Å². The van der Waals surface area contributed by atoms with Gasteiger partial charge in [-0.05, 0) is 42.3 Å². The first kappa shape index (κ1) is 14.1. The minimum atomic E-state index is 0.403. The molecule has 1 heteroatoms. The zero-order valence-corrected chi connectivity index (χ0v) is 13.9. The molecule has 1 nitrogen and oxygen atoms in total. The largest absolute Gasteiger partial charge is 0.344 e. The van der Waals surface area contributed by atoms with Gasteiger partial charge in [0.25, 0.3) is 0 Å². The molecule has 0 N–H and O–H groups in total. The Morgan fingerprint density at radius 2 is 1.39 bits per heavy atom. The lowest BCUT2D eigenvalue weighted by atomic mass is 9.92. The van der Waals surface area contributed by atoms with Gasteiger partial charge in [-0.2, -0.15) is 0 Å². The first-order chi connectivity index (χ1) is 11.1. The average molecular weight is 299 g/mol. The van der Waals surface area contributed by atoms with Crippen molar-refractivity contribution >= 4 is 21.8 Å². The Kier molecular flexibility index (Phi) is 3.23. The second-order valence-corrected chi connectivity index (χ2v) is 6.49. The van der Waals surface area contributed by atoms with Crippen LogP contribution < -0.4 is 0 Å². The molecule has 0 saturated heterocycles. The maximum atomic E-state index is 2.37. The van der Waals surface area contributed by atoms with E-state index >= 15 is 0 Å². The van der Waals surface area contributed by atoms with E-state index in [2.05, 4.69) is 92.2 Å². The molecule has 0 aliphatic carbocycles. The summed E-state index contributed by atoms with van der Waals surface area (Å²) in [7, 11) is 2.15. The first-order valence-corrected chi connectivity index (χ1v) is 8.19. The van der Waals surface area contributed by atoms with Crippen molar-refractivity contribution in [3.8, 4) is 0 Å². The van der Waals surface area contributed by atoms with E-state index < -0.39 is 0 Å². The van der Waals surface area contributed by atoms with Crippen molar-refractivity contribution in [2.75, 3.05) is 0 Å². The minimum Gasteiger partial charge on any atom is -0.344 e. The number of benzene rings is 3. The van der Waals surface area contributed by atoms with Crippen LogP contribution in [0.1, 0.15) is 29.5 Å².